The van der Waals surface area contributed by atoms with Gasteiger partial charge in [-0.25, -0.2) is 0 Å². The van der Waals surface area contributed by atoms with Gasteiger partial charge in [-0.1, -0.05) is 54.9 Å². The lowest BCUT2D eigenvalue weighted by Gasteiger charge is -2.28. The molecule has 1 aromatic rings. The van der Waals surface area contributed by atoms with Gasteiger partial charge in [0.15, 0.2) is 0 Å². The van der Waals surface area contributed by atoms with E-state index in [0.717, 1.165) is 19.3 Å². The molecule has 21 heavy (non-hydrogen) atoms. The zero-order chi connectivity index (χ0) is 15.2. The summed E-state index contributed by atoms with van der Waals surface area (Å²) in [6, 6.07) is 8.66. The van der Waals surface area contributed by atoms with Crippen molar-refractivity contribution in [1.29, 1.82) is 0 Å². The van der Waals surface area contributed by atoms with Crippen molar-refractivity contribution in [2.45, 2.75) is 51.5 Å². The number of benzene rings is 1. The molecule has 4 heteroatoms. The van der Waals surface area contributed by atoms with Gasteiger partial charge in [-0.05, 0) is 31.7 Å². The first kappa shape index (κ1) is 16.0. The Labute approximate surface area is 132 Å². The fourth-order valence-corrected chi connectivity index (χ4v) is 3.21. The van der Waals surface area contributed by atoms with Crippen molar-refractivity contribution in [3.05, 3.63) is 35.4 Å². The van der Waals surface area contributed by atoms with E-state index in [2.05, 4.69) is 25.1 Å². The van der Waals surface area contributed by atoms with Crippen LogP contribution < -0.4 is 5.73 Å². The number of thiocarbonyl (C=S) groups is 1. The van der Waals surface area contributed by atoms with E-state index in [0.29, 0.717) is 24.0 Å². The van der Waals surface area contributed by atoms with Gasteiger partial charge in [0.05, 0.1) is 11.5 Å². The maximum Gasteiger partial charge on any atom is 0.223 e. The number of hydrogen-bond donors (Lipinski definition) is 1. The number of nitrogens with two attached hydrogens (primary N) is 1. The van der Waals surface area contributed by atoms with E-state index in [1.54, 1.807) is 0 Å². The molecule has 0 atom stereocenters. The van der Waals surface area contributed by atoms with E-state index in [1.807, 2.05) is 11.0 Å². The zero-order valence-corrected chi connectivity index (χ0v) is 13.5. The highest BCUT2D eigenvalue weighted by molar-refractivity contribution is 7.80. The van der Waals surface area contributed by atoms with Crippen molar-refractivity contribution in [1.82, 2.24) is 4.90 Å². The van der Waals surface area contributed by atoms with Crippen molar-refractivity contribution in [2.75, 3.05) is 6.54 Å². The van der Waals surface area contributed by atoms with E-state index in [4.69, 9.17) is 18.0 Å². The highest BCUT2D eigenvalue weighted by Crippen LogP contribution is 2.24. The van der Waals surface area contributed by atoms with Gasteiger partial charge in [0.2, 0.25) is 5.91 Å². The first-order valence-electron chi connectivity index (χ1n) is 7.69. The second kappa shape index (κ2) is 7.55. The molecule has 0 radical (unpaired) electrons. The minimum atomic E-state index is 0.177. The summed E-state index contributed by atoms with van der Waals surface area (Å²) in [4.78, 5) is 14.9. The summed E-state index contributed by atoms with van der Waals surface area (Å²) < 4.78 is 0. The molecule has 0 aliphatic heterocycles. The minimum absolute atomic E-state index is 0.177. The average molecular weight is 304 g/mol. The molecular formula is C17H24N2OS. The van der Waals surface area contributed by atoms with Crippen LogP contribution >= 0.6 is 12.2 Å². The van der Waals surface area contributed by atoms with Crippen LogP contribution in [0.4, 0.5) is 0 Å². The third-order valence-electron chi connectivity index (χ3n) is 4.12. The smallest absolute Gasteiger partial charge is 0.223 e. The van der Waals surface area contributed by atoms with Crippen molar-refractivity contribution in [3.8, 4) is 0 Å². The Morgan fingerprint density at radius 2 is 2.10 bits per heavy atom. The molecule has 0 spiro atoms. The van der Waals surface area contributed by atoms with Gasteiger partial charge in [-0.3, -0.25) is 4.79 Å². The highest BCUT2D eigenvalue weighted by atomic mass is 32.1. The Balaban J connectivity index is 1.95. The standard InChI is InChI=1S/C17H24N2OS/c1-13-5-4-6-14(11-13)9-10-17(20)19(12-16(18)21)15-7-2-3-8-15/h4-6,11,15H,2-3,7-10,12H2,1H3,(H2,18,21). The molecule has 2 N–H and O–H groups in total. The lowest BCUT2D eigenvalue weighted by Crippen LogP contribution is -2.43. The van der Waals surface area contributed by atoms with E-state index < -0.39 is 0 Å². The van der Waals surface area contributed by atoms with Crippen LogP contribution in [-0.2, 0) is 11.2 Å². The number of rotatable bonds is 6. The highest BCUT2D eigenvalue weighted by Gasteiger charge is 2.26. The van der Waals surface area contributed by atoms with Gasteiger partial charge in [-0.15, -0.1) is 0 Å². The van der Waals surface area contributed by atoms with Crippen molar-refractivity contribution < 1.29 is 4.79 Å². The van der Waals surface area contributed by atoms with E-state index in [-0.39, 0.29) is 5.91 Å². The number of amides is 1. The predicted octanol–water partition coefficient (Wildman–Crippen LogP) is 2.98. The summed E-state index contributed by atoms with van der Waals surface area (Å²) >= 11 is 5.01. The molecule has 114 valence electrons. The quantitative estimate of drug-likeness (QED) is 0.822. The number of carbonyl (C=O) groups is 1. The topological polar surface area (TPSA) is 46.3 Å². The molecular weight excluding hydrogens is 280 g/mol. The molecule has 1 aliphatic rings. The Bertz CT molecular complexity index is 509. The maximum absolute atomic E-state index is 12.5. The predicted molar refractivity (Wildman–Crippen MR) is 90.3 cm³/mol. The molecule has 1 fully saturated rings. The molecule has 1 amide bonds. The Morgan fingerprint density at radius 1 is 1.38 bits per heavy atom. The molecule has 3 nitrogen and oxygen atoms in total. The van der Waals surface area contributed by atoms with Gasteiger partial charge >= 0.3 is 0 Å². The number of carbonyl (C=O) groups excluding carboxylic acids is 1. The van der Waals surface area contributed by atoms with Crippen LogP contribution in [0.3, 0.4) is 0 Å². The average Bonchev–Trinajstić information content (AvgIpc) is 2.96. The number of hydrogen-bond acceptors (Lipinski definition) is 2. The van der Waals surface area contributed by atoms with Gasteiger partial charge in [-0.2, -0.15) is 0 Å². The summed E-state index contributed by atoms with van der Waals surface area (Å²) in [6.07, 6.45) is 5.87. The molecule has 2 rings (SSSR count). The molecule has 0 heterocycles. The van der Waals surface area contributed by atoms with Crippen LogP contribution in [0.1, 0.15) is 43.2 Å². The van der Waals surface area contributed by atoms with E-state index in [9.17, 15) is 4.79 Å². The fraction of sp³-hybridized carbons (Fsp3) is 0.529. The third kappa shape index (κ3) is 4.81. The summed E-state index contributed by atoms with van der Waals surface area (Å²) in [6.45, 7) is 2.50. The van der Waals surface area contributed by atoms with Gasteiger partial charge in [0.25, 0.3) is 0 Å². The lowest BCUT2D eigenvalue weighted by atomic mass is 10.1. The van der Waals surface area contributed by atoms with Gasteiger partial charge in [0.1, 0.15) is 0 Å². The SMILES string of the molecule is Cc1cccc(CCC(=O)N(CC(N)=S)C2CCCC2)c1. The Kier molecular flexibility index (Phi) is 5.74. The Morgan fingerprint density at radius 3 is 2.71 bits per heavy atom. The zero-order valence-electron chi connectivity index (χ0n) is 12.7. The molecule has 0 aromatic heterocycles. The molecule has 1 saturated carbocycles. The molecule has 0 bridgehead atoms. The van der Waals surface area contributed by atoms with E-state index >= 15 is 0 Å². The van der Waals surface area contributed by atoms with Crippen LogP contribution in [0.5, 0.6) is 0 Å². The minimum Gasteiger partial charge on any atom is -0.392 e. The summed E-state index contributed by atoms with van der Waals surface area (Å²) in [7, 11) is 0. The van der Waals surface area contributed by atoms with Crippen LogP contribution in [-0.4, -0.2) is 28.4 Å². The molecule has 0 saturated heterocycles. The normalized spacial score (nSPS) is 15.1. The lowest BCUT2D eigenvalue weighted by molar-refractivity contribution is -0.132. The maximum atomic E-state index is 12.5. The van der Waals surface area contributed by atoms with Crippen LogP contribution in [0.25, 0.3) is 0 Å². The summed E-state index contributed by atoms with van der Waals surface area (Å²) in [5.74, 6) is 0.177. The van der Waals surface area contributed by atoms with Crippen molar-refractivity contribution >= 4 is 23.1 Å². The van der Waals surface area contributed by atoms with Gasteiger partial charge in [0, 0.05) is 12.5 Å². The molecule has 1 aliphatic carbocycles. The second-order valence-corrected chi connectivity index (χ2v) is 6.44. The monoisotopic (exact) mass is 304 g/mol. The van der Waals surface area contributed by atoms with Crippen molar-refractivity contribution in [2.24, 2.45) is 5.73 Å². The van der Waals surface area contributed by atoms with Crippen LogP contribution in [0.2, 0.25) is 0 Å². The van der Waals surface area contributed by atoms with Gasteiger partial charge < -0.3 is 10.6 Å². The fourth-order valence-electron chi connectivity index (χ4n) is 3.07. The number of aryl methyl sites for hydroxylation is 2. The second-order valence-electron chi connectivity index (χ2n) is 5.92. The first-order valence-corrected chi connectivity index (χ1v) is 8.10. The summed E-state index contributed by atoms with van der Waals surface area (Å²) in [5, 5.41) is 0. The molecule has 1 aromatic carbocycles. The largest absolute Gasteiger partial charge is 0.392 e. The number of nitrogens with zero attached hydrogens (tertiary/aromatic N) is 1. The molecule has 0 unspecified atom stereocenters. The van der Waals surface area contributed by atoms with Crippen LogP contribution in [0, 0.1) is 6.92 Å². The first-order chi connectivity index (χ1) is 10.1. The van der Waals surface area contributed by atoms with Crippen LogP contribution in [0.15, 0.2) is 24.3 Å². The Hall–Kier alpha value is -1.42. The third-order valence-corrected chi connectivity index (χ3v) is 4.25. The van der Waals surface area contributed by atoms with Crippen molar-refractivity contribution in [3.63, 3.8) is 0 Å². The van der Waals surface area contributed by atoms with E-state index in [1.165, 1.54) is 24.0 Å². The summed E-state index contributed by atoms with van der Waals surface area (Å²) in [5.41, 5.74) is 8.11.